The summed E-state index contributed by atoms with van der Waals surface area (Å²) < 4.78 is 7.37. The maximum atomic E-state index is 12.2. The van der Waals surface area contributed by atoms with E-state index >= 15 is 0 Å². The molecule has 128 valence electrons. The molecular formula is C19H24N2O3. The maximum Gasteiger partial charge on any atom is 0.239 e. The summed E-state index contributed by atoms with van der Waals surface area (Å²) in [6.45, 7) is 3.73. The summed E-state index contributed by atoms with van der Waals surface area (Å²) in [5.74, 6) is 0.638. The van der Waals surface area contributed by atoms with Crippen molar-refractivity contribution >= 4 is 16.8 Å². The summed E-state index contributed by atoms with van der Waals surface area (Å²) in [5, 5.41) is 3.62. The summed E-state index contributed by atoms with van der Waals surface area (Å²) in [4.78, 5) is 24.0. The van der Waals surface area contributed by atoms with Crippen LogP contribution in [0.4, 0.5) is 0 Å². The van der Waals surface area contributed by atoms with Gasteiger partial charge in [0.25, 0.3) is 0 Å². The molecule has 1 N–H and O–H groups in total. The van der Waals surface area contributed by atoms with Gasteiger partial charge in [0.05, 0.1) is 11.6 Å². The number of hydrogen-bond donors (Lipinski definition) is 1. The molecule has 3 rings (SSSR count). The van der Waals surface area contributed by atoms with Crippen LogP contribution in [0.2, 0.25) is 0 Å². The van der Waals surface area contributed by atoms with Gasteiger partial charge in [-0.05, 0) is 44.2 Å². The van der Waals surface area contributed by atoms with Gasteiger partial charge in [0.1, 0.15) is 6.54 Å². The molecule has 0 unspecified atom stereocenters. The van der Waals surface area contributed by atoms with Crippen molar-refractivity contribution < 1.29 is 9.53 Å². The molecule has 1 fully saturated rings. The van der Waals surface area contributed by atoms with Crippen LogP contribution in [0.1, 0.15) is 26.2 Å². The van der Waals surface area contributed by atoms with Crippen LogP contribution in [0, 0.1) is 5.92 Å². The highest BCUT2D eigenvalue weighted by Crippen LogP contribution is 2.32. The zero-order valence-corrected chi connectivity index (χ0v) is 14.0. The van der Waals surface area contributed by atoms with Gasteiger partial charge in [-0.25, -0.2) is 0 Å². The number of amides is 1. The smallest absolute Gasteiger partial charge is 0.239 e. The number of rotatable bonds is 7. The average molecular weight is 328 g/mol. The standard InChI is InChI=1S/C19H24N2O3/c1-2-24-15-11-14(12-15)7-9-20-19(23)13-21-10-8-18(22)16-5-3-4-6-17(16)21/h3-6,8,10,14-15H,2,7,9,11-13H2,1H3,(H,20,23). The summed E-state index contributed by atoms with van der Waals surface area (Å²) in [6, 6.07) is 8.88. The van der Waals surface area contributed by atoms with Crippen LogP contribution < -0.4 is 10.7 Å². The second kappa shape index (κ2) is 7.62. The second-order valence-corrected chi connectivity index (χ2v) is 6.38. The number of ether oxygens (including phenoxy) is 1. The van der Waals surface area contributed by atoms with Gasteiger partial charge >= 0.3 is 0 Å². The molecule has 5 nitrogen and oxygen atoms in total. The summed E-state index contributed by atoms with van der Waals surface area (Å²) in [5.41, 5.74) is 0.773. The fraction of sp³-hybridized carbons (Fsp3) is 0.474. The molecule has 2 aromatic rings. The Labute approximate surface area is 141 Å². The third kappa shape index (κ3) is 3.85. The number of nitrogens with one attached hydrogen (secondary N) is 1. The Morgan fingerprint density at radius 3 is 2.88 bits per heavy atom. The van der Waals surface area contributed by atoms with Gasteiger partial charge < -0.3 is 14.6 Å². The maximum absolute atomic E-state index is 12.2. The van der Waals surface area contributed by atoms with Crippen molar-refractivity contribution in [3.05, 3.63) is 46.8 Å². The lowest BCUT2D eigenvalue weighted by Crippen LogP contribution is -2.35. The first-order valence-corrected chi connectivity index (χ1v) is 8.64. The molecule has 0 spiro atoms. The van der Waals surface area contributed by atoms with Crippen molar-refractivity contribution in [1.29, 1.82) is 0 Å². The van der Waals surface area contributed by atoms with E-state index in [9.17, 15) is 9.59 Å². The Hall–Kier alpha value is -2.14. The van der Waals surface area contributed by atoms with Gasteiger partial charge in [0, 0.05) is 30.8 Å². The molecule has 1 aromatic heterocycles. The SMILES string of the molecule is CCOC1CC(CCNC(=O)Cn2ccc(=O)c3ccccc32)C1. The van der Waals surface area contributed by atoms with E-state index in [-0.39, 0.29) is 17.9 Å². The normalized spacial score (nSPS) is 19.9. The molecule has 0 bridgehead atoms. The van der Waals surface area contributed by atoms with E-state index in [1.165, 1.54) is 6.07 Å². The van der Waals surface area contributed by atoms with Crippen molar-refractivity contribution in [3.8, 4) is 0 Å². The Kier molecular flexibility index (Phi) is 5.30. The van der Waals surface area contributed by atoms with Gasteiger partial charge in [-0.3, -0.25) is 9.59 Å². The van der Waals surface area contributed by atoms with Crippen molar-refractivity contribution in [3.63, 3.8) is 0 Å². The number of hydrogen-bond acceptors (Lipinski definition) is 3. The zero-order valence-electron chi connectivity index (χ0n) is 14.0. The van der Waals surface area contributed by atoms with Gasteiger partial charge in [-0.15, -0.1) is 0 Å². The highest BCUT2D eigenvalue weighted by molar-refractivity contribution is 5.82. The lowest BCUT2D eigenvalue weighted by Gasteiger charge is -2.34. The van der Waals surface area contributed by atoms with E-state index in [0.29, 0.717) is 24.0 Å². The number of benzene rings is 1. The third-order valence-electron chi connectivity index (χ3n) is 4.67. The van der Waals surface area contributed by atoms with Crippen LogP contribution >= 0.6 is 0 Å². The summed E-state index contributed by atoms with van der Waals surface area (Å²) in [7, 11) is 0. The topological polar surface area (TPSA) is 60.3 Å². The molecule has 1 saturated carbocycles. The Balaban J connectivity index is 1.49. The van der Waals surface area contributed by atoms with Crippen molar-refractivity contribution in [2.45, 2.75) is 38.8 Å². The van der Waals surface area contributed by atoms with Crippen molar-refractivity contribution in [1.82, 2.24) is 9.88 Å². The first kappa shape index (κ1) is 16.7. The number of nitrogens with zero attached hydrogens (tertiary/aromatic N) is 1. The molecule has 1 aromatic carbocycles. The minimum Gasteiger partial charge on any atom is -0.378 e. The molecular weight excluding hydrogens is 304 g/mol. The fourth-order valence-corrected chi connectivity index (χ4v) is 3.31. The highest BCUT2D eigenvalue weighted by Gasteiger charge is 2.28. The molecule has 1 aliphatic carbocycles. The first-order valence-electron chi connectivity index (χ1n) is 8.64. The fourth-order valence-electron chi connectivity index (χ4n) is 3.31. The summed E-state index contributed by atoms with van der Waals surface area (Å²) >= 11 is 0. The van der Waals surface area contributed by atoms with E-state index in [1.54, 1.807) is 12.3 Å². The number of fused-ring (bicyclic) bond motifs is 1. The minimum atomic E-state index is -0.0236. The van der Waals surface area contributed by atoms with E-state index < -0.39 is 0 Å². The van der Waals surface area contributed by atoms with E-state index in [1.807, 2.05) is 29.7 Å². The monoisotopic (exact) mass is 328 g/mol. The number of para-hydroxylation sites is 1. The van der Waals surface area contributed by atoms with Gasteiger partial charge in [0.2, 0.25) is 5.91 Å². The van der Waals surface area contributed by atoms with Crippen LogP contribution in [0.25, 0.3) is 10.9 Å². The van der Waals surface area contributed by atoms with Crippen molar-refractivity contribution in [2.24, 2.45) is 5.92 Å². The predicted octanol–water partition coefficient (Wildman–Crippen LogP) is 2.32. The molecule has 0 saturated heterocycles. The number of aromatic nitrogens is 1. The first-order chi connectivity index (χ1) is 11.7. The Bertz CT molecular complexity index is 763. The lowest BCUT2D eigenvalue weighted by atomic mass is 9.80. The zero-order chi connectivity index (χ0) is 16.9. The quantitative estimate of drug-likeness (QED) is 0.848. The van der Waals surface area contributed by atoms with Crippen molar-refractivity contribution in [2.75, 3.05) is 13.2 Å². The molecule has 0 aliphatic heterocycles. The van der Waals surface area contributed by atoms with E-state index in [0.717, 1.165) is 31.4 Å². The molecule has 1 aliphatic rings. The third-order valence-corrected chi connectivity index (χ3v) is 4.67. The van der Waals surface area contributed by atoms with E-state index in [4.69, 9.17) is 4.74 Å². The minimum absolute atomic E-state index is 0.0175. The highest BCUT2D eigenvalue weighted by atomic mass is 16.5. The molecule has 1 amide bonds. The largest absolute Gasteiger partial charge is 0.378 e. The molecule has 0 atom stereocenters. The summed E-state index contributed by atoms with van der Waals surface area (Å²) in [6.07, 6.45) is 5.31. The van der Waals surface area contributed by atoms with Crippen LogP contribution in [-0.4, -0.2) is 29.7 Å². The number of pyridine rings is 1. The van der Waals surface area contributed by atoms with Crippen LogP contribution in [0.5, 0.6) is 0 Å². The van der Waals surface area contributed by atoms with Gasteiger partial charge in [-0.1, -0.05) is 12.1 Å². The number of carbonyl (C=O) groups is 1. The Morgan fingerprint density at radius 1 is 1.29 bits per heavy atom. The van der Waals surface area contributed by atoms with Crippen LogP contribution in [0.3, 0.4) is 0 Å². The molecule has 5 heteroatoms. The Morgan fingerprint density at radius 2 is 2.08 bits per heavy atom. The second-order valence-electron chi connectivity index (χ2n) is 6.38. The van der Waals surface area contributed by atoms with Crippen LogP contribution in [-0.2, 0) is 16.1 Å². The molecule has 1 heterocycles. The average Bonchev–Trinajstić information content (AvgIpc) is 2.55. The van der Waals surface area contributed by atoms with E-state index in [2.05, 4.69) is 5.32 Å². The predicted molar refractivity (Wildman–Crippen MR) is 94.0 cm³/mol. The van der Waals surface area contributed by atoms with Crippen LogP contribution in [0.15, 0.2) is 41.3 Å². The van der Waals surface area contributed by atoms with Gasteiger partial charge in [-0.2, -0.15) is 0 Å². The lowest BCUT2D eigenvalue weighted by molar-refractivity contribution is -0.121. The number of carbonyl (C=O) groups excluding carboxylic acids is 1. The molecule has 0 radical (unpaired) electrons. The molecule has 24 heavy (non-hydrogen) atoms. The van der Waals surface area contributed by atoms with Gasteiger partial charge in [0.15, 0.2) is 5.43 Å².